The first-order valence-electron chi connectivity index (χ1n) is 7.04. The van der Waals surface area contributed by atoms with Crippen LogP contribution in [0.1, 0.15) is 34.3 Å². The number of carbonyl (C=O) groups excluding carboxylic acids is 1. The van der Waals surface area contributed by atoms with Crippen molar-refractivity contribution in [3.63, 3.8) is 0 Å². The molecule has 0 radical (unpaired) electrons. The van der Waals surface area contributed by atoms with Crippen molar-refractivity contribution in [2.45, 2.75) is 12.8 Å². The largest absolute Gasteiger partial charge is 0.481 e. The average Bonchev–Trinajstić information content (AvgIpc) is 3.00. The number of nitrogens with two attached hydrogens (primary N) is 1. The van der Waals surface area contributed by atoms with E-state index in [2.05, 4.69) is 0 Å². The maximum atomic E-state index is 12.8. The number of anilines is 1. The highest BCUT2D eigenvalue weighted by atomic mass is 16.7. The third-order valence-electron chi connectivity index (χ3n) is 3.80. The molecule has 0 amide bonds. The molecule has 6 heteroatoms. The van der Waals surface area contributed by atoms with Crippen molar-refractivity contribution in [2.75, 3.05) is 12.5 Å². The first kappa shape index (κ1) is 14.9. The number of benzene rings is 2. The van der Waals surface area contributed by atoms with Gasteiger partial charge in [0.15, 0.2) is 17.3 Å². The SMILES string of the molecule is CC(C(=O)O)c1cc2c(cc1C(=O)c1ccc(N)cc1)OCO2. The van der Waals surface area contributed by atoms with Crippen LogP contribution in [0.4, 0.5) is 5.69 Å². The van der Waals surface area contributed by atoms with Crippen molar-refractivity contribution < 1.29 is 24.2 Å². The van der Waals surface area contributed by atoms with Gasteiger partial charge >= 0.3 is 5.97 Å². The molecule has 1 heterocycles. The molecule has 3 rings (SSSR count). The van der Waals surface area contributed by atoms with Gasteiger partial charge in [-0.1, -0.05) is 0 Å². The number of carbonyl (C=O) groups is 2. The summed E-state index contributed by atoms with van der Waals surface area (Å²) >= 11 is 0. The van der Waals surface area contributed by atoms with Crippen LogP contribution < -0.4 is 15.2 Å². The zero-order valence-corrected chi connectivity index (χ0v) is 12.4. The standard InChI is InChI=1S/C17H15NO5/c1-9(17(20)21)12-6-14-15(23-8-22-14)7-13(12)16(19)10-2-4-11(18)5-3-10/h2-7,9H,8,18H2,1H3,(H,20,21). The first-order valence-corrected chi connectivity index (χ1v) is 7.04. The van der Waals surface area contributed by atoms with E-state index >= 15 is 0 Å². The Labute approximate surface area is 132 Å². The van der Waals surface area contributed by atoms with E-state index in [-0.39, 0.29) is 18.1 Å². The summed E-state index contributed by atoms with van der Waals surface area (Å²) in [5.74, 6) is -1.27. The van der Waals surface area contributed by atoms with E-state index in [1.807, 2.05) is 0 Å². The second-order valence-electron chi connectivity index (χ2n) is 5.30. The Morgan fingerprint density at radius 3 is 2.35 bits per heavy atom. The number of carboxylic acid groups (broad SMARTS) is 1. The Morgan fingerprint density at radius 1 is 1.13 bits per heavy atom. The van der Waals surface area contributed by atoms with Crippen molar-refractivity contribution in [3.05, 3.63) is 53.1 Å². The Hall–Kier alpha value is -3.02. The number of rotatable bonds is 4. The lowest BCUT2D eigenvalue weighted by Crippen LogP contribution is -2.13. The van der Waals surface area contributed by atoms with Gasteiger partial charge in [-0.2, -0.15) is 0 Å². The van der Waals surface area contributed by atoms with Gasteiger partial charge in [-0.05, 0) is 48.9 Å². The zero-order chi connectivity index (χ0) is 16.6. The molecular formula is C17H15NO5. The number of hydrogen-bond acceptors (Lipinski definition) is 5. The van der Waals surface area contributed by atoms with Gasteiger partial charge < -0.3 is 20.3 Å². The van der Waals surface area contributed by atoms with Crippen molar-refractivity contribution in [3.8, 4) is 11.5 Å². The normalized spacial score (nSPS) is 13.6. The van der Waals surface area contributed by atoms with Crippen LogP contribution in [-0.4, -0.2) is 23.7 Å². The molecule has 0 bridgehead atoms. The van der Waals surface area contributed by atoms with Crippen molar-refractivity contribution in [1.82, 2.24) is 0 Å². The highest BCUT2D eigenvalue weighted by molar-refractivity contribution is 6.11. The molecule has 1 unspecified atom stereocenters. The van der Waals surface area contributed by atoms with E-state index in [0.717, 1.165) is 0 Å². The number of hydrogen-bond donors (Lipinski definition) is 2. The van der Waals surface area contributed by atoms with E-state index in [1.54, 1.807) is 30.3 Å². The molecular weight excluding hydrogens is 298 g/mol. The van der Waals surface area contributed by atoms with Crippen LogP contribution in [0.3, 0.4) is 0 Å². The lowest BCUT2D eigenvalue weighted by Gasteiger charge is -2.14. The molecule has 1 atom stereocenters. The van der Waals surface area contributed by atoms with Gasteiger partial charge in [0.25, 0.3) is 0 Å². The van der Waals surface area contributed by atoms with Crippen LogP contribution >= 0.6 is 0 Å². The van der Waals surface area contributed by atoms with Gasteiger partial charge in [-0.15, -0.1) is 0 Å². The molecule has 0 saturated heterocycles. The Kier molecular flexibility index (Phi) is 3.65. The molecule has 6 nitrogen and oxygen atoms in total. The van der Waals surface area contributed by atoms with Crippen LogP contribution in [-0.2, 0) is 4.79 Å². The molecule has 1 aliphatic rings. The first-order chi connectivity index (χ1) is 11.0. The van der Waals surface area contributed by atoms with Crippen molar-refractivity contribution in [1.29, 1.82) is 0 Å². The quantitative estimate of drug-likeness (QED) is 0.664. The monoisotopic (exact) mass is 313 g/mol. The zero-order valence-electron chi connectivity index (χ0n) is 12.4. The fourth-order valence-corrected chi connectivity index (χ4v) is 2.44. The smallest absolute Gasteiger partial charge is 0.310 e. The van der Waals surface area contributed by atoms with Gasteiger partial charge in [0.1, 0.15) is 0 Å². The molecule has 0 spiro atoms. The van der Waals surface area contributed by atoms with Crippen LogP contribution in [0.5, 0.6) is 11.5 Å². The molecule has 118 valence electrons. The Balaban J connectivity index is 2.11. The van der Waals surface area contributed by atoms with E-state index in [4.69, 9.17) is 15.2 Å². The number of carboxylic acids is 1. The van der Waals surface area contributed by atoms with Gasteiger partial charge in [0.05, 0.1) is 5.92 Å². The number of ketones is 1. The minimum absolute atomic E-state index is 0.0513. The van der Waals surface area contributed by atoms with Crippen LogP contribution in [0.2, 0.25) is 0 Å². The van der Waals surface area contributed by atoms with Crippen LogP contribution in [0, 0.1) is 0 Å². The van der Waals surface area contributed by atoms with E-state index < -0.39 is 11.9 Å². The molecule has 0 saturated carbocycles. The highest BCUT2D eigenvalue weighted by Gasteiger charge is 2.27. The molecule has 23 heavy (non-hydrogen) atoms. The maximum Gasteiger partial charge on any atom is 0.310 e. The van der Waals surface area contributed by atoms with Gasteiger partial charge in [-0.25, -0.2) is 0 Å². The molecule has 1 aliphatic heterocycles. The van der Waals surface area contributed by atoms with Crippen molar-refractivity contribution >= 4 is 17.4 Å². The summed E-state index contributed by atoms with van der Waals surface area (Å²) in [4.78, 5) is 24.1. The van der Waals surface area contributed by atoms with Gasteiger partial charge in [0, 0.05) is 16.8 Å². The predicted molar refractivity (Wildman–Crippen MR) is 82.9 cm³/mol. The summed E-state index contributed by atoms with van der Waals surface area (Å²) in [6.07, 6.45) is 0. The van der Waals surface area contributed by atoms with Gasteiger partial charge in [-0.3, -0.25) is 9.59 Å². The summed E-state index contributed by atoms with van der Waals surface area (Å²) in [6, 6.07) is 9.57. The lowest BCUT2D eigenvalue weighted by atomic mass is 9.90. The molecule has 0 aliphatic carbocycles. The fourth-order valence-electron chi connectivity index (χ4n) is 2.44. The average molecular weight is 313 g/mol. The molecule has 0 aromatic heterocycles. The summed E-state index contributed by atoms with van der Waals surface area (Å²) in [7, 11) is 0. The third kappa shape index (κ3) is 2.70. The number of fused-ring (bicyclic) bond motifs is 1. The molecule has 2 aromatic carbocycles. The minimum Gasteiger partial charge on any atom is -0.481 e. The minimum atomic E-state index is -1.02. The number of nitrogen functional groups attached to an aromatic ring is 1. The second-order valence-corrected chi connectivity index (χ2v) is 5.30. The van der Waals surface area contributed by atoms with E-state index in [1.165, 1.54) is 13.0 Å². The van der Waals surface area contributed by atoms with E-state index in [9.17, 15) is 14.7 Å². The number of aliphatic carboxylic acids is 1. The topological polar surface area (TPSA) is 98.9 Å². The lowest BCUT2D eigenvalue weighted by molar-refractivity contribution is -0.138. The summed E-state index contributed by atoms with van der Waals surface area (Å²) in [5, 5.41) is 9.30. The Bertz CT molecular complexity index is 782. The fraction of sp³-hybridized carbons (Fsp3) is 0.176. The maximum absolute atomic E-state index is 12.8. The summed E-state index contributed by atoms with van der Waals surface area (Å²) in [6.45, 7) is 1.58. The van der Waals surface area contributed by atoms with Crippen LogP contribution in [0.25, 0.3) is 0 Å². The molecule has 2 aromatic rings. The van der Waals surface area contributed by atoms with E-state index in [0.29, 0.717) is 28.3 Å². The summed E-state index contributed by atoms with van der Waals surface area (Å²) in [5.41, 5.74) is 7.29. The van der Waals surface area contributed by atoms with Crippen molar-refractivity contribution in [2.24, 2.45) is 0 Å². The van der Waals surface area contributed by atoms with Crippen LogP contribution in [0.15, 0.2) is 36.4 Å². The second kappa shape index (κ2) is 5.64. The third-order valence-corrected chi connectivity index (χ3v) is 3.80. The molecule has 0 fully saturated rings. The molecule has 3 N–H and O–H groups in total. The Morgan fingerprint density at radius 2 is 1.74 bits per heavy atom. The van der Waals surface area contributed by atoms with Gasteiger partial charge in [0.2, 0.25) is 6.79 Å². The number of ether oxygens (including phenoxy) is 2. The highest BCUT2D eigenvalue weighted by Crippen LogP contribution is 2.38. The summed E-state index contributed by atoms with van der Waals surface area (Å²) < 4.78 is 10.6. The predicted octanol–water partition coefficient (Wildman–Crippen LogP) is 2.42.